The largest absolute Gasteiger partial charge is 0.393 e. The van der Waals surface area contributed by atoms with E-state index in [0.717, 1.165) is 30.8 Å². The topological polar surface area (TPSA) is 29.9 Å². The Labute approximate surface area is 117 Å². The summed E-state index contributed by atoms with van der Waals surface area (Å²) in [5.74, 6) is -1.19. The van der Waals surface area contributed by atoms with E-state index in [1.165, 1.54) is 0 Å². The van der Waals surface area contributed by atoms with Crippen LogP contribution in [-0.2, 0) is 19.4 Å². The fourth-order valence-corrected chi connectivity index (χ4v) is 2.75. The summed E-state index contributed by atoms with van der Waals surface area (Å²) in [6, 6.07) is 2.20. The number of piperidine rings is 1. The van der Waals surface area contributed by atoms with Gasteiger partial charge in [0.25, 0.3) is 0 Å². The van der Waals surface area contributed by atoms with Crippen LogP contribution in [-0.4, -0.2) is 28.5 Å². The molecular formula is C14H22F3N3. The van der Waals surface area contributed by atoms with Gasteiger partial charge in [-0.05, 0) is 32.3 Å². The van der Waals surface area contributed by atoms with Crippen LogP contribution in [0, 0.1) is 5.92 Å². The molecule has 20 heavy (non-hydrogen) atoms. The highest BCUT2D eigenvalue weighted by atomic mass is 19.4. The first-order valence-corrected chi connectivity index (χ1v) is 7.29. The lowest BCUT2D eigenvalue weighted by Gasteiger charge is -2.31. The minimum Gasteiger partial charge on any atom is -0.313 e. The molecule has 114 valence electrons. The van der Waals surface area contributed by atoms with Gasteiger partial charge in [0.2, 0.25) is 0 Å². The Hall–Kier alpha value is -1.04. The number of aryl methyl sites for hydroxylation is 2. The molecule has 0 saturated carbocycles. The highest BCUT2D eigenvalue weighted by molar-refractivity contribution is 5.12. The molecule has 0 amide bonds. The lowest BCUT2D eigenvalue weighted by atomic mass is 9.92. The van der Waals surface area contributed by atoms with Crippen molar-refractivity contribution in [1.82, 2.24) is 15.1 Å². The molecule has 0 spiro atoms. The Balaban J connectivity index is 1.94. The molecule has 2 unspecified atom stereocenters. The van der Waals surface area contributed by atoms with Crippen molar-refractivity contribution in [2.24, 2.45) is 5.92 Å². The van der Waals surface area contributed by atoms with E-state index in [9.17, 15) is 13.2 Å². The number of aromatic nitrogens is 2. The monoisotopic (exact) mass is 289 g/mol. The molecule has 1 N–H and O–H groups in total. The van der Waals surface area contributed by atoms with Crippen molar-refractivity contribution in [3.8, 4) is 0 Å². The Morgan fingerprint density at radius 1 is 1.35 bits per heavy atom. The third kappa shape index (κ3) is 3.53. The van der Waals surface area contributed by atoms with Crippen LogP contribution >= 0.6 is 0 Å². The average Bonchev–Trinajstić information content (AvgIpc) is 2.80. The zero-order chi connectivity index (χ0) is 14.8. The number of hydrogen-bond donors (Lipinski definition) is 1. The van der Waals surface area contributed by atoms with Crippen molar-refractivity contribution in [1.29, 1.82) is 0 Å². The normalized spacial score (nSPS) is 24.1. The number of nitrogens with one attached hydrogen (secondary N) is 1. The maximum atomic E-state index is 12.6. The Bertz CT molecular complexity index is 431. The second-order valence-electron chi connectivity index (χ2n) is 5.42. The fraction of sp³-hybridized carbons (Fsp3) is 0.786. The Morgan fingerprint density at radius 3 is 2.60 bits per heavy atom. The smallest absolute Gasteiger partial charge is 0.313 e. The minimum atomic E-state index is -4.07. The van der Waals surface area contributed by atoms with Gasteiger partial charge in [-0.15, -0.1) is 0 Å². The first-order valence-electron chi connectivity index (χ1n) is 7.29. The summed E-state index contributed by atoms with van der Waals surface area (Å²) in [4.78, 5) is 0. The minimum absolute atomic E-state index is 0.0368. The molecular weight excluding hydrogens is 267 g/mol. The molecule has 2 atom stereocenters. The fourth-order valence-electron chi connectivity index (χ4n) is 2.75. The van der Waals surface area contributed by atoms with Gasteiger partial charge >= 0.3 is 6.18 Å². The highest BCUT2D eigenvalue weighted by Gasteiger charge is 2.41. The van der Waals surface area contributed by atoms with Crippen LogP contribution in [0.2, 0.25) is 0 Å². The molecule has 3 nitrogen and oxygen atoms in total. The van der Waals surface area contributed by atoms with Crippen LogP contribution in [0.15, 0.2) is 6.07 Å². The van der Waals surface area contributed by atoms with Gasteiger partial charge in [0.1, 0.15) is 0 Å². The van der Waals surface area contributed by atoms with Crippen molar-refractivity contribution in [3.63, 3.8) is 0 Å². The molecule has 6 heteroatoms. The van der Waals surface area contributed by atoms with Crippen LogP contribution in [0.1, 0.15) is 38.1 Å². The van der Waals surface area contributed by atoms with Crippen LogP contribution in [0.3, 0.4) is 0 Å². The zero-order valence-corrected chi connectivity index (χ0v) is 12.0. The van der Waals surface area contributed by atoms with E-state index in [4.69, 9.17) is 0 Å². The third-order valence-electron chi connectivity index (χ3n) is 4.01. The van der Waals surface area contributed by atoms with Gasteiger partial charge in [-0.3, -0.25) is 4.68 Å². The molecule has 1 saturated heterocycles. The summed E-state index contributed by atoms with van der Waals surface area (Å²) < 4.78 is 39.8. The van der Waals surface area contributed by atoms with Crippen LogP contribution < -0.4 is 5.32 Å². The summed E-state index contributed by atoms with van der Waals surface area (Å²) in [6.45, 7) is 4.92. The standard InChI is InChI=1S/C14H22F3N3/c1-3-11-7-13(20(4-2)19-11)8-12-6-5-10(9-18-12)14(15,16)17/h7,10,12,18H,3-6,8-9H2,1-2H3. The number of alkyl halides is 3. The molecule has 1 aromatic rings. The van der Waals surface area contributed by atoms with E-state index in [0.29, 0.717) is 6.42 Å². The summed E-state index contributed by atoms with van der Waals surface area (Å²) in [5, 5.41) is 7.52. The van der Waals surface area contributed by atoms with E-state index < -0.39 is 12.1 Å². The van der Waals surface area contributed by atoms with Gasteiger partial charge in [0.05, 0.1) is 11.6 Å². The first kappa shape index (κ1) is 15.4. The molecule has 0 aliphatic carbocycles. The lowest BCUT2D eigenvalue weighted by Crippen LogP contribution is -2.45. The Morgan fingerprint density at radius 2 is 2.10 bits per heavy atom. The molecule has 1 aliphatic heterocycles. The Kier molecular flexibility index (Phi) is 4.73. The van der Waals surface area contributed by atoms with Crippen molar-refractivity contribution in [2.45, 2.75) is 58.3 Å². The summed E-state index contributed by atoms with van der Waals surface area (Å²) in [7, 11) is 0. The molecule has 0 radical (unpaired) electrons. The number of hydrogen-bond acceptors (Lipinski definition) is 2. The lowest BCUT2D eigenvalue weighted by molar-refractivity contribution is -0.179. The second kappa shape index (κ2) is 6.16. The first-order chi connectivity index (χ1) is 9.44. The van der Waals surface area contributed by atoms with E-state index in [2.05, 4.69) is 23.4 Å². The molecule has 1 aromatic heterocycles. The quantitative estimate of drug-likeness (QED) is 0.923. The zero-order valence-electron chi connectivity index (χ0n) is 12.0. The number of rotatable bonds is 4. The molecule has 1 fully saturated rings. The van der Waals surface area contributed by atoms with Gasteiger partial charge in [0, 0.05) is 31.2 Å². The van der Waals surface area contributed by atoms with E-state index >= 15 is 0 Å². The molecule has 2 rings (SSSR count). The van der Waals surface area contributed by atoms with Crippen molar-refractivity contribution in [3.05, 3.63) is 17.5 Å². The summed E-state index contributed by atoms with van der Waals surface area (Å²) in [6.07, 6.45) is -1.64. The van der Waals surface area contributed by atoms with Gasteiger partial charge in [0.15, 0.2) is 0 Å². The molecule has 1 aliphatic rings. The number of halogens is 3. The van der Waals surface area contributed by atoms with Crippen LogP contribution in [0.25, 0.3) is 0 Å². The van der Waals surface area contributed by atoms with Gasteiger partial charge in [-0.1, -0.05) is 6.92 Å². The molecule has 0 bridgehead atoms. The van der Waals surface area contributed by atoms with Crippen molar-refractivity contribution in [2.75, 3.05) is 6.54 Å². The summed E-state index contributed by atoms with van der Waals surface area (Å²) in [5.41, 5.74) is 2.16. The van der Waals surface area contributed by atoms with Crippen LogP contribution in [0.5, 0.6) is 0 Å². The third-order valence-corrected chi connectivity index (χ3v) is 4.01. The SMILES string of the molecule is CCc1cc(CC2CCC(C(F)(F)F)CN2)n(CC)n1. The molecule has 0 aromatic carbocycles. The average molecular weight is 289 g/mol. The second-order valence-corrected chi connectivity index (χ2v) is 5.42. The summed E-state index contributed by atoms with van der Waals surface area (Å²) >= 11 is 0. The maximum Gasteiger partial charge on any atom is 0.393 e. The maximum absolute atomic E-state index is 12.6. The predicted octanol–water partition coefficient (Wildman–Crippen LogP) is 2.94. The predicted molar refractivity (Wildman–Crippen MR) is 71.6 cm³/mol. The van der Waals surface area contributed by atoms with Gasteiger partial charge in [-0.2, -0.15) is 18.3 Å². The van der Waals surface area contributed by atoms with Crippen LogP contribution in [0.4, 0.5) is 13.2 Å². The number of nitrogens with zero attached hydrogens (tertiary/aromatic N) is 2. The highest BCUT2D eigenvalue weighted by Crippen LogP contribution is 2.32. The van der Waals surface area contributed by atoms with E-state index in [1.54, 1.807) is 0 Å². The van der Waals surface area contributed by atoms with Gasteiger partial charge in [-0.25, -0.2) is 0 Å². The van der Waals surface area contributed by atoms with E-state index in [1.807, 2.05) is 11.6 Å². The van der Waals surface area contributed by atoms with Crippen molar-refractivity contribution < 1.29 is 13.2 Å². The van der Waals surface area contributed by atoms with Gasteiger partial charge < -0.3 is 5.32 Å². The molecule has 2 heterocycles. The van der Waals surface area contributed by atoms with E-state index in [-0.39, 0.29) is 19.0 Å². The van der Waals surface area contributed by atoms with Crippen molar-refractivity contribution >= 4 is 0 Å².